The van der Waals surface area contributed by atoms with E-state index in [0.29, 0.717) is 12.4 Å². The number of rotatable bonds is 3. The summed E-state index contributed by atoms with van der Waals surface area (Å²) >= 11 is 0. The maximum atomic E-state index is 11.3. The van der Waals surface area contributed by atoms with E-state index in [1.54, 1.807) is 18.5 Å². The Bertz CT molecular complexity index is 680. The van der Waals surface area contributed by atoms with E-state index in [2.05, 4.69) is 15.2 Å². The number of anilines is 1. The predicted octanol–water partition coefficient (Wildman–Crippen LogP) is 1.51. The van der Waals surface area contributed by atoms with Crippen LogP contribution in [0.5, 0.6) is 0 Å². The number of carboxylic acids is 1. The predicted molar refractivity (Wildman–Crippen MR) is 76.4 cm³/mol. The van der Waals surface area contributed by atoms with Crippen molar-refractivity contribution in [3.8, 4) is 0 Å². The molecule has 1 aliphatic rings. The van der Waals surface area contributed by atoms with E-state index < -0.39 is 5.97 Å². The van der Waals surface area contributed by atoms with Crippen molar-refractivity contribution in [3.05, 3.63) is 35.5 Å². The van der Waals surface area contributed by atoms with Crippen molar-refractivity contribution in [3.63, 3.8) is 0 Å². The molecule has 7 heteroatoms. The van der Waals surface area contributed by atoms with Crippen LogP contribution < -0.4 is 4.90 Å². The largest absolute Gasteiger partial charge is 0.478 e. The van der Waals surface area contributed by atoms with E-state index in [4.69, 9.17) is 0 Å². The Labute approximate surface area is 122 Å². The second-order valence-electron chi connectivity index (χ2n) is 5.46. The van der Waals surface area contributed by atoms with Crippen molar-refractivity contribution in [2.24, 2.45) is 0 Å². The van der Waals surface area contributed by atoms with Gasteiger partial charge < -0.3 is 14.6 Å². The van der Waals surface area contributed by atoms with E-state index in [9.17, 15) is 9.90 Å². The highest BCUT2D eigenvalue weighted by Crippen LogP contribution is 2.23. The van der Waals surface area contributed by atoms with Crippen molar-refractivity contribution >= 4 is 11.8 Å². The third kappa shape index (κ3) is 2.58. The molecule has 110 valence electrons. The monoisotopic (exact) mass is 287 g/mol. The van der Waals surface area contributed by atoms with E-state index in [1.807, 2.05) is 23.3 Å². The molecule has 2 aromatic rings. The minimum Gasteiger partial charge on any atom is -0.478 e. The van der Waals surface area contributed by atoms with Gasteiger partial charge in [0.1, 0.15) is 12.1 Å². The molecule has 3 heterocycles. The first-order chi connectivity index (χ1) is 10.0. The van der Waals surface area contributed by atoms with E-state index in [-0.39, 0.29) is 11.5 Å². The van der Waals surface area contributed by atoms with Crippen molar-refractivity contribution in [1.82, 2.24) is 19.7 Å². The summed E-state index contributed by atoms with van der Waals surface area (Å²) in [6, 6.07) is 3.27. The molecule has 0 aromatic carbocycles. The number of hydrogen-bond donors (Lipinski definition) is 1. The van der Waals surface area contributed by atoms with Crippen LogP contribution in [0.15, 0.2) is 18.5 Å². The van der Waals surface area contributed by atoms with Crippen LogP contribution in [0.3, 0.4) is 0 Å². The number of pyridine rings is 1. The molecule has 0 saturated carbocycles. The number of carboxylic acid groups (broad SMARTS) is 1. The molecular weight excluding hydrogens is 270 g/mol. The summed E-state index contributed by atoms with van der Waals surface area (Å²) in [5.41, 5.74) is 1.06. The van der Waals surface area contributed by atoms with Crippen molar-refractivity contribution in [1.29, 1.82) is 0 Å². The molecule has 0 bridgehead atoms. The zero-order chi connectivity index (χ0) is 15.0. The molecule has 0 atom stereocenters. The Morgan fingerprint density at radius 1 is 1.33 bits per heavy atom. The summed E-state index contributed by atoms with van der Waals surface area (Å²) in [5.74, 6) is 0.806. The first kappa shape index (κ1) is 13.5. The lowest BCUT2D eigenvalue weighted by Gasteiger charge is -2.28. The van der Waals surface area contributed by atoms with Gasteiger partial charge in [0.05, 0.1) is 12.1 Å². The molecule has 0 radical (unpaired) electrons. The van der Waals surface area contributed by atoms with Crippen molar-refractivity contribution in [2.75, 3.05) is 11.4 Å². The summed E-state index contributed by atoms with van der Waals surface area (Å²) in [5, 5.41) is 17.2. The minimum atomic E-state index is -0.930. The third-order valence-corrected chi connectivity index (χ3v) is 3.63. The van der Waals surface area contributed by atoms with Crippen LogP contribution in [0.25, 0.3) is 0 Å². The molecule has 0 saturated heterocycles. The second kappa shape index (κ2) is 5.16. The number of carbonyl (C=O) groups is 1. The van der Waals surface area contributed by atoms with E-state index >= 15 is 0 Å². The molecule has 0 amide bonds. The average Bonchev–Trinajstić information content (AvgIpc) is 2.94. The molecule has 1 aliphatic heterocycles. The molecule has 0 spiro atoms. The second-order valence-corrected chi connectivity index (χ2v) is 5.46. The molecule has 3 rings (SSSR count). The molecule has 21 heavy (non-hydrogen) atoms. The molecule has 7 nitrogen and oxygen atoms in total. The summed E-state index contributed by atoms with van der Waals surface area (Å²) in [7, 11) is 0. The van der Waals surface area contributed by atoms with Crippen molar-refractivity contribution in [2.45, 2.75) is 32.9 Å². The fraction of sp³-hybridized carbons (Fsp3) is 0.429. The van der Waals surface area contributed by atoms with Crippen LogP contribution in [0.1, 0.15) is 41.6 Å². The maximum absolute atomic E-state index is 11.3. The SMILES string of the molecule is CC(C)c1cc(C(=O)O)cc(N2CCn3cnnc3C2)n1. The highest BCUT2D eigenvalue weighted by molar-refractivity contribution is 5.88. The fourth-order valence-corrected chi connectivity index (χ4v) is 2.38. The van der Waals surface area contributed by atoms with Gasteiger partial charge in [-0.25, -0.2) is 9.78 Å². The summed E-state index contributed by atoms with van der Waals surface area (Å²) in [4.78, 5) is 17.9. The highest BCUT2D eigenvalue weighted by Gasteiger charge is 2.21. The standard InChI is InChI=1S/C14H17N5O2/c1-9(2)11-5-10(14(20)21)6-12(16-11)18-3-4-19-8-15-17-13(19)7-18/h5-6,8-9H,3-4,7H2,1-2H3,(H,20,21). The number of aromatic nitrogens is 4. The minimum absolute atomic E-state index is 0.177. The summed E-state index contributed by atoms with van der Waals surface area (Å²) < 4.78 is 2.00. The van der Waals surface area contributed by atoms with Gasteiger partial charge in [0.25, 0.3) is 0 Å². The van der Waals surface area contributed by atoms with Gasteiger partial charge in [0.2, 0.25) is 0 Å². The smallest absolute Gasteiger partial charge is 0.335 e. The van der Waals surface area contributed by atoms with Gasteiger partial charge in [-0.05, 0) is 18.1 Å². The van der Waals surface area contributed by atoms with E-state index in [1.165, 1.54) is 0 Å². The molecule has 2 aromatic heterocycles. The fourth-order valence-electron chi connectivity index (χ4n) is 2.38. The van der Waals surface area contributed by atoms with Crippen LogP contribution in [-0.4, -0.2) is 37.4 Å². The lowest BCUT2D eigenvalue weighted by Crippen LogP contribution is -2.34. The van der Waals surface area contributed by atoms with Gasteiger partial charge in [-0.2, -0.15) is 0 Å². The number of aromatic carboxylic acids is 1. The van der Waals surface area contributed by atoms with Gasteiger partial charge in [-0.1, -0.05) is 13.8 Å². The average molecular weight is 287 g/mol. The number of nitrogens with zero attached hydrogens (tertiary/aromatic N) is 5. The van der Waals surface area contributed by atoms with E-state index in [0.717, 1.165) is 24.6 Å². The Balaban J connectivity index is 1.96. The zero-order valence-corrected chi connectivity index (χ0v) is 12.0. The molecule has 1 N–H and O–H groups in total. The van der Waals surface area contributed by atoms with Gasteiger partial charge in [0.15, 0.2) is 5.82 Å². The van der Waals surface area contributed by atoms with Crippen molar-refractivity contribution < 1.29 is 9.90 Å². The first-order valence-electron chi connectivity index (χ1n) is 6.91. The van der Waals surface area contributed by atoms with Crippen LogP contribution in [0.4, 0.5) is 5.82 Å². The quantitative estimate of drug-likeness (QED) is 0.921. The Kier molecular flexibility index (Phi) is 3.32. The molecular formula is C14H17N5O2. The molecule has 0 fully saturated rings. The third-order valence-electron chi connectivity index (χ3n) is 3.63. The summed E-state index contributed by atoms with van der Waals surface area (Å²) in [6.45, 7) is 6.14. The van der Waals surface area contributed by atoms with Crippen LogP contribution in [0, 0.1) is 0 Å². The maximum Gasteiger partial charge on any atom is 0.335 e. The normalized spacial score (nSPS) is 14.3. The highest BCUT2D eigenvalue weighted by atomic mass is 16.4. The Hall–Kier alpha value is -2.44. The lowest BCUT2D eigenvalue weighted by atomic mass is 10.1. The van der Waals surface area contributed by atoms with Gasteiger partial charge in [0, 0.05) is 18.8 Å². The van der Waals surface area contributed by atoms with Gasteiger partial charge in [-0.15, -0.1) is 10.2 Å². The molecule has 0 aliphatic carbocycles. The number of hydrogen-bond acceptors (Lipinski definition) is 5. The lowest BCUT2D eigenvalue weighted by molar-refractivity contribution is 0.0696. The number of fused-ring (bicyclic) bond motifs is 1. The Morgan fingerprint density at radius 2 is 2.14 bits per heavy atom. The molecule has 0 unspecified atom stereocenters. The van der Waals surface area contributed by atoms with Crippen LogP contribution in [0.2, 0.25) is 0 Å². The Morgan fingerprint density at radius 3 is 2.86 bits per heavy atom. The van der Waals surface area contributed by atoms with Gasteiger partial charge >= 0.3 is 5.97 Å². The van der Waals surface area contributed by atoms with Crippen LogP contribution >= 0.6 is 0 Å². The zero-order valence-electron chi connectivity index (χ0n) is 12.0. The van der Waals surface area contributed by atoms with Gasteiger partial charge in [-0.3, -0.25) is 0 Å². The topological polar surface area (TPSA) is 84.1 Å². The first-order valence-corrected chi connectivity index (χ1v) is 6.91. The summed E-state index contributed by atoms with van der Waals surface area (Å²) in [6.07, 6.45) is 1.72. The van der Waals surface area contributed by atoms with Crippen LogP contribution in [-0.2, 0) is 13.1 Å².